The van der Waals surface area contributed by atoms with E-state index in [9.17, 15) is 22.0 Å². The van der Waals surface area contributed by atoms with Gasteiger partial charge < -0.3 is 5.32 Å². The van der Waals surface area contributed by atoms with E-state index in [2.05, 4.69) is 5.32 Å². The van der Waals surface area contributed by atoms with Gasteiger partial charge in [-0.3, -0.25) is 0 Å². The lowest BCUT2D eigenvalue weighted by atomic mass is 10.0. The zero-order chi connectivity index (χ0) is 16.3. The number of benzene rings is 2. The number of hydrogen-bond acceptors (Lipinski definition) is 1. The molecule has 0 heterocycles. The van der Waals surface area contributed by atoms with Gasteiger partial charge in [0.2, 0.25) is 5.82 Å². The molecule has 0 aliphatic carbocycles. The molecule has 0 saturated heterocycles. The molecule has 0 unspecified atom stereocenters. The molecule has 2 rings (SSSR count). The highest BCUT2D eigenvalue weighted by Crippen LogP contribution is 2.23. The Morgan fingerprint density at radius 2 is 1.32 bits per heavy atom. The van der Waals surface area contributed by atoms with Crippen LogP contribution < -0.4 is 5.32 Å². The minimum atomic E-state index is -2.14. The Morgan fingerprint density at radius 1 is 0.818 bits per heavy atom. The Morgan fingerprint density at radius 3 is 1.86 bits per heavy atom. The maximum absolute atomic E-state index is 13.5. The largest absolute Gasteiger partial charge is 0.312 e. The molecular formula is C16H14F5N. The van der Waals surface area contributed by atoms with Crippen molar-refractivity contribution < 1.29 is 22.0 Å². The molecule has 2 aromatic rings. The fraction of sp³-hybridized carbons (Fsp3) is 0.250. The van der Waals surface area contributed by atoms with E-state index in [1.807, 2.05) is 37.3 Å². The molecule has 0 amide bonds. The quantitative estimate of drug-likeness (QED) is 0.493. The van der Waals surface area contributed by atoms with Gasteiger partial charge in [0.25, 0.3) is 0 Å². The van der Waals surface area contributed by atoms with Crippen LogP contribution >= 0.6 is 0 Å². The van der Waals surface area contributed by atoms with Gasteiger partial charge in [-0.1, -0.05) is 37.3 Å². The van der Waals surface area contributed by atoms with Gasteiger partial charge in [0.15, 0.2) is 23.3 Å². The first-order valence-electron chi connectivity index (χ1n) is 6.69. The van der Waals surface area contributed by atoms with Crippen LogP contribution in [0.15, 0.2) is 30.3 Å². The molecule has 0 radical (unpaired) electrons. The van der Waals surface area contributed by atoms with Crippen molar-refractivity contribution in [1.82, 2.24) is 5.32 Å². The summed E-state index contributed by atoms with van der Waals surface area (Å²) in [7, 11) is 0. The van der Waals surface area contributed by atoms with Crippen LogP contribution in [0.1, 0.15) is 24.0 Å². The van der Waals surface area contributed by atoms with E-state index in [0.717, 1.165) is 5.56 Å². The molecule has 0 aliphatic rings. The Labute approximate surface area is 124 Å². The lowest BCUT2D eigenvalue weighted by Crippen LogP contribution is -2.22. The smallest absolute Gasteiger partial charge is 0.200 e. The third-order valence-corrected chi connectivity index (χ3v) is 3.42. The minimum Gasteiger partial charge on any atom is -0.312 e. The van der Waals surface area contributed by atoms with Gasteiger partial charge in [-0.2, -0.15) is 0 Å². The summed E-state index contributed by atoms with van der Waals surface area (Å²) >= 11 is 0. The molecule has 0 saturated carbocycles. The van der Waals surface area contributed by atoms with Gasteiger partial charge in [0.05, 0.1) is 0 Å². The molecule has 0 spiro atoms. The first kappa shape index (κ1) is 16.4. The number of rotatable bonds is 5. The normalized spacial score (nSPS) is 12.5. The maximum Gasteiger partial charge on any atom is 0.200 e. The Balaban J connectivity index is 2.07. The lowest BCUT2D eigenvalue weighted by Gasteiger charge is -2.14. The molecule has 1 nitrogen and oxygen atoms in total. The third kappa shape index (κ3) is 3.27. The van der Waals surface area contributed by atoms with Crippen molar-refractivity contribution in [2.75, 3.05) is 6.54 Å². The second-order valence-corrected chi connectivity index (χ2v) is 4.99. The summed E-state index contributed by atoms with van der Waals surface area (Å²) in [5.41, 5.74) is 0.157. The van der Waals surface area contributed by atoms with Gasteiger partial charge in [0, 0.05) is 18.7 Å². The number of halogens is 5. The standard InChI is InChI=1S/C16H14F5N/c1-9(10-5-3-2-4-6-10)7-22-8-11-12(17)14(19)16(21)15(20)13(11)18/h2-6,9,22H,7-8H2,1H3/t9-/m1/s1. The highest BCUT2D eigenvalue weighted by Gasteiger charge is 2.25. The molecule has 0 aliphatic heterocycles. The molecule has 1 atom stereocenters. The number of nitrogens with one attached hydrogen (secondary N) is 1. The van der Waals surface area contributed by atoms with Crippen molar-refractivity contribution in [3.8, 4) is 0 Å². The van der Waals surface area contributed by atoms with E-state index in [1.165, 1.54) is 0 Å². The van der Waals surface area contributed by atoms with E-state index < -0.39 is 41.2 Å². The van der Waals surface area contributed by atoms with Crippen LogP contribution in [0, 0.1) is 29.1 Å². The second-order valence-electron chi connectivity index (χ2n) is 4.99. The minimum absolute atomic E-state index is 0.0301. The average molecular weight is 315 g/mol. The molecule has 0 aromatic heterocycles. The van der Waals surface area contributed by atoms with Gasteiger partial charge in [-0.05, 0) is 11.5 Å². The third-order valence-electron chi connectivity index (χ3n) is 3.42. The fourth-order valence-electron chi connectivity index (χ4n) is 2.12. The SMILES string of the molecule is C[C@H](CNCc1c(F)c(F)c(F)c(F)c1F)c1ccccc1. The van der Waals surface area contributed by atoms with E-state index in [1.54, 1.807) is 0 Å². The summed E-state index contributed by atoms with van der Waals surface area (Å²) in [5.74, 6) is -9.55. The van der Waals surface area contributed by atoms with Gasteiger partial charge >= 0.3 is 0 Å². The first-order chi connectivity index (χ1) is 10.4. The summed E-state index contributed by atoms with van der Waals surface area (Å²) < 4.78 is 66.0. The van der Waals surface area contributed by atoms with Crippen molar-refractivity contribution in [2.24, 2.45) is 0 Å². The van der Waals surface area contributed by atoms with Crippen molar-refractivity contribution in [3.05, 3.63) is 70.5 Å². The van der Waals surface area contributed by atoms with Crippen LogP contribution in [0.5, 0.6) is 0 Å². The lowest BCUT2D eigenvalue weighted by molar-refractivity contribution is 0.367. The topological polar surface area (TPSA) is 12.0 Å². The molecule has 0 bridgehead atoms. The van der Waals surface area contributed by atoms with Crippen LogP contribution in [0.2, 0.25) is 0 Å². The van der Waals surface area contributed by atoms with Crippen LogP contribution in [0.25, 0.3) is 0 Å². The van der Waals surface area contributed by atoms with E-state index >= 15 is 0 Å². The van der Waals surface area contributed by atoms with Crippen molar-refractivity contribution in [1.29, 1.82) is 0 Å². The summed E-state index contributed by atoms with van der Waals surface area (Å²) in [6, 6.07) is 9.36. The summed E-state index contributed by atoms with van der Waals surface area (Å²) in [5, 5.41) is 2.72. The first-order valence-corrected chi connectivity index (χ1v) is 6.69. The maximum atomic E-state index is 13.5. The van der Waals surface area contributed by atoms with E-state index in [0.29, 0.717) is 6.54 Å². The molecule has 1 N–H and O–H groups in total. The Bertz CT molecular complexity index is 628. The predicted octanol–water partition coefficient (Wildman–Crippen LogP) is 4.28. The zero-order valence-corrected chi connectivity index (χ0v) is 11.8. The second kappa shape index (κ2) is 6.87. The summed E-state index contributed by atoms with van der Waals surface area (Å²) in [6.07, 6.45) is 0. The van der Waals surface area contributed by atoms with Gasteiger partial charge in [-0.25, -0.2) is 22.0 Å². The fourth-order valence-corrected chi connectivity index (χ4v) is 2.12. The monoisotopic (exact) mass is 315 g/mol. The van der Waals surface area contributed by atoms with Crippen LogP contribution in [-0.2, 0) is 6.54 Å². The van der Waals surface area contributed by atoms with Gasteiger partial charge in [-0.15, -0.1) is 0 Å². The highest BCUT2D eigenvalue weighted by atomic mass is 19.2. The molecule has 2 aromatic carbocycles. The van der Waals surface area contributed by atoms with Crippen LogP contribution in [0.3, 0.4) is 0 Å². The van der Waals surface area contributed by atoms with Crippen molar-refractivity contribution >= 4 is 0 Å². The molecule has 22 heavy (non-hydrogen) atoms. The Kier molecular flexibility index (Phi) is 5.13. The van der Waals surface area contributed by atoms with Crippen LogP contribution in [0.4, 0.5) is 22.0 Å². The molecule has 0 fully saturated rings. The van der Waals surface area contributed by atoms with E-state index in [4.69, 9.17) is 0 Å². The molecular weight excluding hydrogens is 301 g/mol. The van der Waals surface area contributed by atoms with Crippen molar-refractivity contribution in [3.63, 3.8) is 0 Å². The van der Waals surface area contributed by atoms with Gasteiger partial charge in [0.1, 0.15) is 0 Å². The molecule has 6 heteroatoms. The highest BCUT2D eigenvalue weighted by molar-refractivity contribution is 5.24. The number of hydrogen-bond donors (Lipinski definition) is 1. The molecule has 118 valence electrons. The average Bonchev–Trinajstić information content (AvgIpc) is 2.55. The Hall–Kier alpha value is -1.95. The van der Waals surface area contributed by atoms with Crippen LogP contribution in [-0.4, -0.2) is 6.54 Å². The van der Waals surface area contributed by atoms with Crippen molar-refractivity contribution in [2.45, 2.75) is 19.4 Å². The predicted molar refractivity (Wildman–Crippen MR) is 72.8 cm³/mol. The summed E-state index contributed by atoms with van der Waals surface area (Å²) in [4.78, 5) is 0. The summed E-state index contributed by atoms with van der Waals surface area (Å²) in [6.45, 7) is 1.79. The van der Waals surface area contributed by atoms with E-state index in [-0.39, 0.29) is 5.92 Å². The zero-order valence-electron chi connectivity index (χ0n) is 11.8.